The first-order valence-electron chi connectivity index (χ1n) is 6.94. The molecular weight excluding hydrogens is 286 g/mol. The molecular formula is C16H19NO3S. The van der Waals surface area contributed by atoms with Crippen molar-refractivity contribution in [2.45, 2.75) is 13.3 Å². The van der Waals surface area contributed by atoms with Gasteiger partial charge in [0.15, 0.2) is 0 Å². The van der Waals surface area contributed by atoms with E-state index >= 15 is 0 Å². The highest BCUT2D eigenvalue weighted by molar-refractivity contribution is 7.99. The van der Waals surface area contributed by atoms with E-state index < -0.39 is 5.97 Å². The van der Waals surface area contributed by atoms with Crippen LogP contribution in [-0.2, 0) is 4.79 Å². The zero-order chi connectivity index (χ0) is 15.2. The SMILES string of the molecule is Cc1ccc(/C=C/C(=O)O)cc1C(=O)NCC1CCSC1. The Labute approximate surface area is 128 Å². The van der Waals surface area contributed by atoms with Crippen molar-refractivity contribution in [1.82, 2.24) is 5.32 Å². The van der Waals surface area contributed by atoms with E-state index in [9.17, 15) is 9.59 Å². The van der Waals surface area contributed by atoms with Gasteiger partial charge in [0.25, 0.3) is 5.91 Å². The fourth-order valence-corrected chi connectivity index (χ4v) is 3.52. The molecule has 2 N–H and O–H groups in total. The molecule has 1 fully saturated rings. The maximum Gasteiger partial charge on any atom is 0.328 e. The molecule has 1 aliphatic rings. The summed E-state index contributed by atoms with van der Waals surface area (Å²) in [7, 11) is 0. The van der Waals surface area contributed by atoms with Gasteiger partial charge in [0.1, 0.15) is 0 Å². The third kappa shape index (κ3) is 4.63. The molecule has 5 heteroatoms. The largest absolute Gasteiger partial charge is 0.478 e. The number of thioether (sulfide) groups is 1. The van der Waals surface area contributed by atoms with Crippen LogP contribution in [0.25, 0.3) is 6.08 Å². The van der Waals surface area contributed by atoms with Crippen molar-refractivity contribution in [2.24, 2.45) is 5.92 Å². The molecule has 0 spiro atoms. The van der Waals surface area contributed by atoms with Crippen molar-refractivity contribution in [3.05, 3.63) is 41.0 Å². The van der Waals surface area contributed by atoms with Crippen LogP contribution in [0.15, 0.2) is 24.3 Å². The standard InChI is InChI=1S/C16H19NO3S/c1-11-2-3-12(4-5-15(18)19)8-14(11)16(20)17-9-13-6-7-21-10-13/h2-5,8,13H,6-7,9-10H2,1H3,(H,17,20)(H,18,19)/b5-4+. The summed E-state index contributed by atoms with van der Waals surface area (Å²) in [5.74, 6) is 1.76. The Balaban J connectivity index is 2.04. The van der Waals surface area contributed by atoms with Crippen LogP contribution < -0.4 is 5.32 Å². The monoisotopic (exact) mass is 305 g/mol. The normalized spacial score (nSPS) is 18.0. The van der Waals surface area contributed by atoms with Crippen molar-refractivity contribution in [3.8, 4) is 0 Å². The molecule has 1 aromatic carbocycles. The van der Waals surface area contributed by atoms with Gasteiger partial charge in [-0.25, -0.2) is 4.79 Å². The molecule has 1 aromatic rings. The van der Waals surface area contributed by atoms with Gasteiger partial charge in [-0.2, -0.15) is 11.8 Å². The van der Waals surface area contributed by atoms with Crippen molar-refractivity contribution in [1.29, 1.82) is 0 Å². The van der Waals surface area contributed by atoms with Gasteiger partial charge in [-0.15, -0.1) is 0 Å². The van der Waals surface area contributed by atoms with E-state index in [-0.39, 0.29) is 5.91 Å². The van der Waals surface area contributed by atoms with Crippen LogP contribution >= 0.6 is 11.8 Å². The summed E-state index contributed by atoms with van der Waals surface area (Å²) in [5.41, 5.74) is 2.21. The number of carbonyl (C=O) groups is 2. The Kier molecular flexibility index (Phi) is 5.44. The molecule has 1 saturated heterocycles. The number of aryl methyl sites for hydroxylation is 1. The van der Waals surface area contributed by atoms with E-state index in [1.54, 1.807) is 12.1 Å². The van der Waals surface area contributed by atoms with Gasteiger partial charge in [-0.1, -0.05) is 12.1 Å². The Morgan fingerprint density at radius 1 is 1.48 bits per heavy atom. The summed E-state index contributed by atoms with van der Waals surface area (Å²) in [4.78, 5) is 22.8. The van der Waals surface area contributed by atoms with E-state index in [0.29, 0.717) is 23.6 Å². The number of hydrogen-bond donors (Lipinski definition) is 2. The average molecular weight is 305 g/mol. The van der Waals surface area contributed by atoms with E-state index in [1.807, 2.05) is 24.8 Å². The highest BCUT2D eigenvalue weighted by Crippen LogP contribution is 2.22. The van der Waals surface area contributed by atoms with E-state index in [0.717, 1.165) is 23.8 Å². The van der Waals surface area contributed by atoms with Crippen molar-refractivity contribution in [2.75, 3.05) is 18.1 Å². The second-order valence-electron chi connectivity index (χ2n) is 5.19. The maximum atomic E-state index is 12.3. The van der Waals surface area contributed by atoms with Crippen LogP contribution in [-0.4, -0.2) is 35.0 Å². The molecule has 112 valence electrons. The average Bonchev–Trinajstić information content (AvgIpc) is 2.97. The quantitative estimate of drug-likeness (QED) is 0.821. The minimum absolute atomic E-state index is 0.0880. The predicted octanol–water partition coefficient (Wildman–Crippen LogP) is 2.58. The number of aliphatic carboxylic acids is 1. The summed E-state index contributed by atoms with van der Waals surface area (Å²) in [5, 5.41) is 11.6. The highest BCUT2D eigenvalue weighted by atomic mass is 32.2. The minimum Gasteiger partial charge on any atom is -0.478 e. The van der Waals surface area contributed by atoms with Crippen LogP contribution in [0, 0.1) is 12.8 Å². The first-order valence-corrected chi connectivity index (χ1v) is 8.09. The van der Waals surface area contributed by atoms with Gasteiger partial charge in [0, 0.05) is 18.2 Å². The fraction of sp³-hybridized carbons (Fsp3) is 0.375. The minimum atomic E-state index is -1.000. The lowest BCUT2D eigenvalue weighted by atomic mass is 10.0. The van der Waals surface area contributed by atoms with Crippen LogP contribution in [0.1, 0.15) is 27.9 Å². The molecule has 1 atom stereocenters. The molecule has 0 aromatic heterocycles. The predicted molar refractivity (Wildman–Crippen MR) is 85.6 cm³/mol. The molecule has 1 heterocycles. The van der Waals surface area contributed by atoms with Crippen LogP contribution in [0.3, 0.4) is 0 Å². The molecule has 1 aliphatic heterocycles. The van der Waals surface area contributed by atoms with Gasteiger partial charge in [0.05, 0.1) is 0 Å². The maximum absolute atomic E-state index is 12.3. The second kappa shape index (κ2) is 7.31. The number of benzene rings is 1. The van der Waals surface area contributed by atoms with Gasteiger partial charge in [-0.3, -0.25) is 4.79 Å². The fourth-order valence-electron chi connectivity index (χ4n) is 2.23. The number of hydrogen-bond acceptors (Lipinski definition) is 3. The van der Waals surface area contributed by atoms with Gasteiger partial charge < -0.3 is 10.4 Å². The Bertz CT molecular complexity index is 563. The van der Waals surface area contributed by atoms with Crippen molar-refractivity contribution >= 4 is 29.7 Å². The first kappa shape index (κ1) is 15.6. The topological polar surface area (TPSA) is 66.4 Å². The zero-order valence-electron chi connectivity index (χ0n) is 12.0. The summed E-state index contributed by atoms with van der Waals surface area (Å²) in [6.07, 6.45) is 3.72. The van der Waals surface area contributed by atoms with Crippen LogP contribution in [0.5, 0.6) is 0 Å². The summed E-state index contributed by atoms with van der Waals surface area (Å²) in [6.45, 7) is 2.59. The molecule has 0 saturated carbocycles. The van der Waals surface area contributed by atoms with E-state index in [2.05, 4.69) is 5.32 Å². The van der Waals surface area contributed by atoms with E-state index in [4.69, 9.17) is 5.11 Å². The molecule has 1 unspecified atom stereocenters. The lowest BCUT2D eigenvalue weighted by Gasteiger charge is -2.12. The number of rotatable bonds is 5. The number of carboxylic acids is 1. The molecule has 4 nitrogen and oxygen atoms in total. The van der Waals surface area contributed by atoms with Crippen molar-refractivity contribution in [3.63, 3.8) is 0 Å². The highest BCUT2D eigenvalue weighted by Gasteiger charge is 2.17. The van der Waals surface area contributed by atoms with Gasteiger partial charge in [0.2, 0.25) is 0 Å². The Hall–Kier alpha value is -1.75. The summed E-state index contributed by atoms with van der Waals surface area (Å²) in [6, 6.07) is 5.37. The number of carboxylic acid groups (broad SMARTS) is 1. The molecule has 21 heavy (non-hydrogen) atoms. The molecule has 0 bridgehead atoms. The van der Waals surface area contributed by atoms with Crippen LogP contribution in [0.2, 0.25) is 0 Å². The van der Waals surface area contributed by atoms with Gasteiger partial charge >= 0.3 is 5.97 Å². The number of carbonyl (C=O) groups excluding carboxylic acids is 1. The zero-order valence-corrected chi connectivity index (χ0v) is 12.8. The third-order valence-electron chi connectivity index (χ3n) is 3.50. The van der Waals surface area contributed by atoms with Crippen LogP contribution in [0.4, 0.5) is 0 Å². The summed E-state index contributed by atoms with van der Waals surface area (Å²) < 4.78 is 0. The second-order valence-corrected chi connectivity index (χ2v) is 6.34. The number of nitrogens with one attached hydrogen (secondary N) is 1. The first-order chi connectivity index (χ1) is 10.1. The van der Waals surface area contributed by atoms with Crippen molar-refractivity contribution < 1.29 is 14.7 Å². The smallest absolute Gasteiger partial charge is 0.328 e. The van der Waals surface area contributed by atoms with E-state index in [1.165, 1.54) is 11.8 Å². The molecule has 2 rings (SSSR count). The molecule has 1 amide bonds. The third-order valence-corrected chi connectivity index (χ3v) is 4.73. The lowest BCUT2D eigenvalue weighted by molar-refractivity contribution is -0.131. The summed E-state index contributed by atoms with van der Waals surface area (Å²) >= 11 is 1.93. The van der Waals surface area contributed by atoms with Gasteiger partial charge in [-0.05, 0) is 54.0 Å². The lowest BCUT2D eigenvalue weighted by Crippen LogP contribution is -2.29. The Morgan fingerprint density at radius 2 is 2.29 bits per heavy atom. The molecule has 0 aliphatic carbocycles. The molecule has 0 radical (unpaired) electrons. The Morgan fingerprint density at radius 3 is 2.95 bits per heavy atom. The number of amides is 1.